The van der Waals surface area contributed by atoms with E-state index in [4.69, 9.17) is 0 Å². The molecule has 1 aromatic heterocycles. The third-order valence-electron chi connectivity index (χ3n) is 5.00. The molecule has 1 fully saturated rings. The normalized spacial score (nSPS) is 15.9. The molecule has 2 N–H and O–H groups in total. The van der Waals surface area contributed by atoms with Gasteiger partial charge in [0.05, 0.1) is 16.8 Å². The van der Waals surface area contributed by atoms with E-state index in [1.807, 2.05) is 48.5 Å². The van der Waals surface area contributed by atoms with Crippen molar-refractivity contribution in [3.05, 3.63) is 59.7 Å². The van der Waals surface area contributed by atoms with Crippen LogP contribution in [0.1, 0.15) is 30.4 Å². The number of rotatable bonds is 6. The van der Waals surface area contributed by atoms with Crippen molar-refractivity contribution in [2.75, 3.05) is 18.4 Å². The third kappa shape index (κ3) is 4.14. The first-order valence-corrected chi connectivity index (χ1v) is 11.0. The lowest BCUT2D eigenvalue weighted by Crippen LogP contribution is -2.36. The summed E-state index contributed by atoms with van der Waals surface area (Å²) in [5.74, 6) is 0.732. The van der Waals surface area contributed by atoms with Crippen LogP contribution in [0.5, 0.6) is 0 Å². The Morgan fingerprint density at radius 2 is 1.67 bits per heavy atom. The molecule has 2 aromatic carbocycles. The molecule has 7 heteroatoms. The van der Waals surface area contributed by atoms with Crippen molar-refractivity contribution >= 4 is 27.0 Å². The van der Waals surface area contributed by atoms with Gasteiger partial charge in [0.25, 0.3) is 0 Å². The number of imidazole rings is 1. The Balaban J connectivity index is 1.49. The van der Waals surface area contributed by atoms with Crippen molar-refractivity contribution in [2.45, 2.75) is 31.6 Å². The number of H-pyrrole nitrogens is 1. The number of piperidine rings is 1. The summed E-state index contributed by atoms with van der Waals surface area (Å²) < 4.78 is 27.2. The molecule has 1 saturated heterocycles. The second-order valence-electron chi connectivity index (χ2n) is 6.94. The van der Waals surface area contributed by atoms with E-state index in [9.17, 15) is 8.42 Å². The summed E-state index contributed by atoms with van der Waals surface area (Å²) in [6.07, 6.45) is 3.02. The summed E-state index contributed by atoms with van der Waals surface area (Å²) in [5.41, 5.74) is 3.69. The Hall–Kier alpha value is -2.38. The molecule has 0 radical (unpaired) electrons. The van der Waals surface area contributed by atoms with Crippen LogP contribution in [0.15, 0.2) is 48.5 Å². The molecule has 0 atom stereocenters. The van der Waals surface area contributed by atoms with E-state index < -0.39 is 10.0 Å². The van der Waals surface area contributed by atoms with E-state index >= 15 is 0 Å². The first-order chi connectivity index (χ1) is 13.1. The standard InChI is InChI=1S/C20H24N4O2S/c25-27(26,24-12-6-1-7-13-24)15-17-9-3-2-8-16(17)14-21-20-22-18-10-4-5-11-19(18)23-20/h2-5,8-11H,1,6-7,12-15H2,(H2,21,22,23). The number of fused-ring (bicyclic) bond motifs is 1. The van der Waals surface area contributed by atoms with Gasteiger partial charge in [0.1, 0.15) is 0 Å². The number of nitrogens with one attached hydrogen (secondary N) is 2. The highest BCUT2D eigenvalue weighted by Gasteiger charge is 2.24. The molecule has 1 aliphatic rings. The number of sulfonamides is 1. The molecule has 0 aliphatic carbocycles. The molecule has 0 saturated carbocycles. The quantitative estimate of drug-likeness (QED) is 0.682. The smallest absolute Gasteiger partial charge is 0.218 e. The van der Waals surface area contributed by atoms with Crippen LogP contribution in [0.2, 0.25) is 0 Å². The van der Waals surface area contributed by atoms with E-state index in [0.29, 0.717) is 25.6 Å². The Labute approximate surface area is 159 Å². The van der Waals surface area contributed by atoms with E-state index in [1.165, 1.54) is 0 Å². The number of nitrogens with zero attached hydrogens (tertiary/aromatic N) is 2. The number of hydrogen-bond acceptors (Lipinski definition) is 4. The Morgan fingerprint density at radius 1 is 0.963 bits per heavy atom. The lowest BCUT2D eigenvalue weighted by molar-refractivity contribution is 0.346. The van der Waals surface area contributed by atoms with Crippen molar-refractivity contribution in [2.24, 2.45) is 0 Å². The summed E-state index contributed by atoms with van der Waals surface area (Å²) >= 11 is 0. The molecule has 6 nitrogen and oxygen atoms in total. The van der Waals surface area contributed by atoms with E-state index in [2.05, 4.69) is 15.3 Å². The maximum absolute atomic E-state index is 12.8. The largest absolute Gasteiger partial charge is 0.352 e. The zero-order valence-electron chi connectivity index (χ0n) is 15.2. The van der Waals surface area contributed by atoms with Gasteiger partial charge in [-0.1, -0.05) is 42.8 Å². The second-order valence-corrected chi connectivity index (χ2v) is 8.91. The Kier molecular flexibility index (Phi) is 5.13. The van der Waals surface area contributed by atoms with Gasteiger partial charge in [-0.2, -0.15) is 0 Å². The average Bonchev–Trinajstić information content (AvgIpc) is 3.11. The third-order valence-corrected chi connectivity index (χ3v) is 6.83. The van der Waals surface area contributed by atoms with Crippen LogP contribution in [0.4, 0.5) is 5.95 Å². The minimum absolute atomic E-state index is 0.0466. The zero-order chi connectivity index (χ0) is 18.7. The lowest BCUT2D eigenvalue weighted by Gasteiger charge is -2.26. The summed E-state index contributed by atoms with van der Waals surface area (Å²) in [6, 6.07) is 15.5. The molecular weight excluding hydrogens is 360 g/mol. The minimum Gasteiger partial charge on any atom is -0.352 e. The van der Waals surface area contributed by atoms with Crippen LogP contribution in [-0.4, -0.2) is 35.8 Å². The van der Waals surface area contributed by atoms with Crippen molar-refractivity contribution in [3.8, 4) is 0 Å². The van der Waals surface area contributed by atoms with Crippen LogP contribution < -0.4 is 5.32 Å². The number of aromatic amines is 1. The van der Waals surface area contributed by atoms with Crippen molar-refractivity contribution < 1.29 is 8.42 Å². The van der Waals surface area contributed by atoms with Crippen molar-refractivity contribution in [3.63, 3.8) is 0 Å². The van der Waals surface area contributed by atoms with Gasteiger partial charge in [-0.05, 0) is 36.1 Å². The fourth-order valence-corrected chi connectivity index (χ4v) is 5.19. The molecule has 142 valence electrons. The zero-order valence-corrected chi connectivity index (χ0v) is 16.0. The average molecular weight is 385 g/mol. The summed E-state index contributed by atoms with van der Waals surface area (Å²) in [6.45, 7) is 1.80. The van der Waals surface area contributed by atoms with Gasteiger partial charge in [-0.3, -0.25) is 0 Å². The summed E-state index contributed by atoms with van der Waals surface area (Å²) in [7, 11) is -3.28. The predicted molar refractivity (Wildman–Crippen MR) is 108 cm³/mol. The number of benzene rings is 2. The lowest BCUT2D eigenvalue weighted by atomic mass is 10.1. The maximum Gasteiger partial charge on any atom is 0.218 e. The summed E-state index contributed by atoms with van der Waals surface area (Å²) in [5, 5.41) is 3.28. The molecule has 0 spiro atoms. The van der Waals surface area contributed by atoms with Crippen LogP contribution in [0.3, 0.4) is 0 Å². The number of hydrogen-bond donors (Lipinski definition) is 2. The molecule has 1 aliphatic heterocycles. The van der Waals surface area contributed by atoms with Gasteiger partial charge in [-0.25, -0.2) is 17.7 Å². The first-order valence-electron chi connectivity index (χ1n) is 9.35. The molecule has 0 amide bonds. The van der Waals surface area contributed by atoms with Crippen LogP contribution >= 0.6 is 0 Å². The highest BCUT2D eigenvalue weighted by Crippen LogP contribution is 2.20. The monoisotopic (exact) mass is 384 g/mol. The van der Waals surface area contributed by atoms with Crippen LogP contribution in [0, 0.1) is 0 Å². The highest BCUT2D eigenvalue weighted by molar-refractivity contribution is 7.88. The van der Waals surface area contributed by atoms with Gasteiger partial charge in [0.15, 0.2) is 0 Å². The van der Waals surface area contributed by atoms with E-state index in [0.717, 1.165) is 41.4 Å². The number of para-hydroxylation sites is 2. The topological polar surface area (TPSA) is 78.1 Å². The first kappa shape index (κ1) is 18.0. The molecule has 3 aromatic rings. The molecule has 2 heterocycles. The minimum atomic E-state index is -3.28. The summed E-state index contributed by atoms with van der Waals surface area (Å²) in [4.78, 5) is 7.75. The number of anilines is 1. The molecule has 0 unspecified atom stereocenters. The van der Waals surface area contributed by atoms with E-state index in [1.54, 1.807) is 4.31 Å². The second kappa shape index (κ2) is 7.70. The molecule has 0 bridgehead atoms. The van der Waals surface area contributed by atoms with Crippen molar-refractivity contribution in [1.82, 2.24) is 14.3 Å². The Morgan fingerprint density at radius 3 is 2.44 bits per heavy atom. The Bertz CT molecular complexity index is 990. The highest BCUT2D eigenvalue weighted by atomic mass is 32.2. The molecule has 27 heavy (non-hydrogen) atoms. The SMILES string of the molecule is O=S(=O)(Cc1ccccc1CNc1nc2ccccc2[nH]1)N1CCCCC1. The van der Waals surface area contributed by atoms with Crippen molar-refractivity contribution in [1.29, 1.82) is 0 Å². The molecular formula is C20H24N4O2S. The van der Waals surface area contributed by atoms with Gasteiger partial charge in [-0.15, -0.1) is 0 Å². The van der Waals surface area contributed by atoms with Crippen LogP contribution in [-0.2, 0) is 22.3 Å². The van der Waals surface area contributed by atoms with Gasteiger partial charge >= 0.3 is 0 Å². The fraction of sp³-hybridized carbons (Fsp3) is 0.350. The van der Waals surface area contributed by atoms with Gasteiger partial charge < -0.3 is 10.3 Å². The van der Waals surface area contributed by atoms with Gasteiger partial charge in [0, 0.05) is 19.6 Å². The van der Waals surface area contributed by atoms with Crippen LogP contribution in [0.25, 0.3) is 11.0 Å². The number of aromatic nitrogens is 2. The maximum atomic E-state index is 12.8. The molecule has 4 rings (SSSR count). The predicted octanol–water partition coefficient (Wildman–Crippen LogP) is 3.49. The fourth-order valence-electron chi connectivity index (χ4n) is 3.52. The van der Waals surface area contributed by atoms with E-state index in [-0.39, 0.29) is 5.75 Å². The van der Waals surface area contributed by atoms with Gasteiger partial charge in [0.2, 0.25) is 16.0 Å².